The number of furan rings is 2. The summed E-state index contributed by atoms with van der Waals surface area (Å²) in [6.07, 6.45) is 0. The summed E-state index contributed by atoms with van der Waals surface area (Å²) in [5.74, 6) is 1.02. The van der Waals surface area contributed by atoms with Crippen LogP contribution < -0.4 is 5.11 Å². The lowest BCUT2D eigenvalue weighted by Crippen LogP contribution is -2.08. The molecule has 0 unspecified atom stereocenters. The molecule has 0 bridgehead atoms. The van der Waals surface area contributed by atoms with Crippen molar-refractivity contribution >= 4 is 21.6 Å². The van der Waals surface area contributed by atoms with E-state index in [1.807, 2.05) is 0 Å². The summed E-state index contributed by atoms with van der Waals surface area (Å²) >= 11 is 3.23. The second kappa shape index (κ2) is 6.16. The highest BCUT2D eigenvalue weighted by Crippen LogP contribution is 2.42. The molecule has 0 aliphatic heterocycles. The lowest BCUT2D eigenvalue weighted by atomic mass is 9.92. The minimum Gasteiger partial charge on any atom is -0.868 e. The first-order chi connectivity index (χ1) is 11.4. The Bertz CT molecular complexity index is 871. The highest BCUT2D eigenvalue weighted by molar-refractivity contribution is 9.10. The molecule has 7 heteroatoms. The van der Waals surface area contributed by atoms with E-state index in [2.05, 4.69) is 15.9 Å². The molecule has 0 fully saturated rings. The molecular weight excluding hydrogens is 378 g/mol. The van der Waals surface area contributed by atoms with Gasteiger partial charge >= 0.3 is 0 Å². The molecule has 1 aromatic carbocycles. The van der Waals surface area contributed by atoms with Crippen molar-refractivity contribution in [3.63, 3.8) is 0 Å². The van der Waals surface area contributed by atoms with Gasteiger partial charge in [0.05, 0.1) is 10.8 Å². The first-order valence-corrected chi connectivity index (χ1v) is 7.93. The molecule has 3 rings (SSSR count). The molecule has 0 atom stereocenters. The van der Waals surface area contributed by atoms with Gasteiger partial charge in [-0.3, -0.25) is 10.1 Å². The van der Waals surface area contributed by atoms with Crippen LogP contribution >= 0.6 is 15.9 Å². The molecule has 0 spiro atoms. The first kappa shape index (κ1) is 16.3. The first-order valence-electron chi connectivity index (χ1n) is 7.14. The summed E-state index contributed by atoms with van der Waals surface area (Å²) in [7, 11) is 0. The third kappa shape index (κ3) is 2.94. The third-order valence-corrected chi connectivity index (χ3v) is 4.12. The molecule has 6 nitrogen and oxygen atoms in total. The van der Waals surface area contributed by atoms with E-state index in [4.69, 9.17) is 8.83 Å². The lowest BCUT2D eigenvalue weighted by Gasteiger charge is -2.20. The van der Waals surface area contributed by atoms with Crippen molar-refractivity contribution in [3.8, 4) is 5.75 Å². The number of aryl methyl sites for hydroxylation is 2. The fourth-order valence-corrected chi connectivity index (χ4v) is 3.08. The molecule has 2 aromatic heterocycles. The molecule has 0 saturated heterocycles. The normalized spacial score (nSPS) is 11.2. The summed E-state index contributed by atoms with van der Waals surface area (Å²) in [4.78, 5) is 10.5. The molecule has 0 N–H and O–H groups in total. The van der Waals surface area contributed by atoms with Gasteiger partial charge in [-0.05, 0) is 55.5 Å². The van der Waals surface area contributed by atoms with Crippen molar-refractivity contribution in [1.29, 1.82) is 0 Å². The number of hydrogen-bond donors (Lipinski definition) is 0. The highest BCUT2D eigenvalue weighted by Gasteiger charge is 2.27. The van der Waals surface area contributed by atoms with Crippen LogP contribution in [0, 0.1) is 24.0 Å². The number of nitro groups is 1. The van der Waals surface area contributed by atoms with E-state index >= 15 is 0 Å². The zero-order valence-electron chi connectivity index (χ0n) is 12.9. The van der Waals surface area contributed by atoms with Gasteiger partial charge in [0.15, 0.2) is 0 Å². The number of nitrogens with zero attached hydrogens (tertiary/aromatic N) is 1. The number of nitro benzene ring substituents is 1. The second-order valence-electron chi connectivity index (χ2n) is 5.43. The van der Waals surface area contributed by atoms with E-state index in [1.165, 1.54) is 6.07 Å². The maximum Gasteiger partial charge on any atom is 0.263 e. The average Bonchev–Trinajstić information content (AvgIpc) is 3.12. The zero-order chi connectivity index (χ0) is 17.4. The van der Waals surface area contributed by atoms with Crippen LogP contribution in [0.3, 0.4) is 0 Å². The largest absolute Gasteiger partial charge is 0.868 e. The molecule has 3 aromatic rings. The summed E-state index contributed by atoms with van der Waals surface area (Å²) in [6.45, 7) is 3.57. The molecular formula is C17H13BrNO5-. The van der Waals surface area contributed by atoms with Crippen molar-refractivity contribution in [2.75, 3.05) is 0 Å². The maximum atomic E-state index is 12.6. The summed E-state index contributed by atoms with van der Waals surface area (Å²) in [5, 5.41) is 23.8. The van der Waals surface area contributed by atoms with Crippen molar-refractivity contribution < 1.29 is 18.9 Å². The van der Waals surface area contributed by atoms with Gasteiger partial charge in [0.2, 0.25) is 0 Å². The van der Waals surface area contributed by atoms with Crippen LogP contribution in [0.4, 0.5) is 5.69 Å². The Morgan fingerprint density at radius 1 is 1.04 bits per heavy atom. The van der Waals surface area contributed by atoms with E-state index in [-0.39, 0.29) is 5.56 Å². The van der Waals surface area contributed by atoms with Crippen molar-refractivity contribution in [2.24, 2.45) is 0 Å². The summed E-state index contributed by atoms with van der Waals surface area (Å²) < 4.78 is 11.8. The maximum absolute atomic E-state index is 12.6. The fourth-order valence-electron chi connectivity index (χ4n) is 2.61. The molecule has 0 saturated carbocycles. The smallest absolute Gasteiger partial charge is 0.263 e. The van der Waals surface area contributed by atoms with Crippen LogP contribution in [0.5, 0.6) is 5.75 Å². The number of halogens is 1. The standard InChI is InChI=1S/C17H14BrNO5/c1-9-3-5-14(23-9)16(15-6-4-10(2)24-15)12-7-11(18)8-13(17(12)20)19(21)22/h3-8,16,20H,1-2H3/p-1. The van der Waals surface area contributed by atoms with Crippen molar-refractivity contribution in [1.82, 2.24) is 0 Å². The Morgan fingerprint density at radius 3 is 2.00 bits per heavy atom. The Hall–Kier alpha value is -2.54. The Labute approximate surface area is 146 Å². The van der Waals surface area contributed by atoms with Gasteiger partial charge in [-0.25, -0.2) is 0 Å². The lowest BCUT2D eigenvalue weighted by molar-refractivity contribution is -0.398. The van der Waals surface area contributed by atoms with Crippen LogP contribution in [0.2, 0.25) is 0 Å². The second-order valence-corrected chi connectivity index (χ2v) is 6.35. The average molecular weight is 391 g/mol. The van der Waals surface area contributed by atoms with Gasteiger partial charge in [-0.1, -0.05) is 15.9 Å². The number of benzene rings is 1. The minimum atomic E-state index is -0.686. The van der Waals surface area contributed by atoms with Gasteiger partial charge in [-0.15, -0.1) is 0 Å². The Morgan fingerprint density at radius 2 is 1.58 bits per heavy atom. The SMILES string of the molecule is Cc1ccc(C(c2ccc(C)o2)c2cc(Br)cc([N+](=O)[O-])c2[O-])o1. The number of hydrogen-bond acceptors (Lipinski definition) is 5. The van der Waals surface area contributed by atoms with Gasteiger partial charge < -0.3 is 13.9 Å². The monoisotopic (exact) mass is 390 g/mol. The van der Waals surface area contributed by atoms with Crippen LogP contribution in [0.25, 0.3) is 0 Å². The van der Waals surface area contributed by atoms with E-state index in [0.29, 0.717) is 27.5 Å². The van der Waals surface area contributed by atoms with Crippen molar-refractivity contribution in [3.05, 3.63) is 79.6 Å². The van der Waals surface area contributed by atoms with Crippen LogP contribution in [0.1, 0.15) is 34.5 Å². The van der Waals surface area contributed by atoms with Gasteiger partial charge in [-0.2, -0.15) is 0 Å². The van der Waals surface area contributed by atoms with E-state index < -0.39 is 22.3 Å². The highest BCUT2D eigenvalue weighted by atomic mass is 79.9. The van der Waals surface area contributed by atoms with E-state index in [9.17, 15) is 15.2 Å². The molecule has 0 amide bonds. The molecule has 2 heterocycles. The zero-order valence-corrected chi connectivity index (χ0v) is 14.5. The van der Waals surface area contributed by atoms with Crippen molar-refractivity contribution in [2.45, 2.75) is 19.8 Å². The van der Waals surface area contributed by atoms with Crippen LogP contribution in [0.15, 0.2) is 49.7 Å². The predicted molar refractivity (Wildman–Crippen MR) is 88.1 cm³/mol. The summed E-state index contributed by atoms with van der Waals surface area (Å²) in [6, 6.07) is 9.79. The third-order valence-electron chi connectivity index (χ3n) is 3.66. The van der Waals surface area contributed by atoms with Crippen LogP contribution in [-0.4, -0.2) is 4.92 Å². The quantitative estimate of drug-likeness (QED) is 0.485. The van der Waals surface area contributed by atoms with E-state index in [1.54, 1.807) is 44.2 Å². The molecule has 0 radical (unpaired) electrons. The van der Waals surface area contributed by atoms with E-state index in [0.717, 1.165) is 0 Å². The molecule has 0 aliphatic carbocycles. The van der Waals surface area contributed by atoms with Gasteiger partial charge in [0.25, 0.3) is 5.69 Å². The van der Waals surface area contributed by atoms with Crippen LogP contribution in [-0.2, 0) is 0 Å². The summed E-state index contributed by atoms with van der Waals surface area (Å²) in [5.41, 5.74) is -0.268. The van der Waals surface area contributed by atoms with Gasteiger partial charge in [0, 0.05) is 10.5 Å². The Kier molecular flexibility index (Phi) is 4.19. The number of rotatable bonds is 4. The minimum absolute atomic E-state index is 0.222. The molecule has 24 heavy (non-hydrogen) atoms. The fraction of sp³-hybridized carbons (Fsp3) is 0.176. The topological polar surface area (TPSA) is 92.5 Å². The molecule has 0 aliphatic rings. The Balaban J connectivity index is 2.25. The predicted octanol–water partition coefficient (Wildman–Crippen LogP) is 4.41. The van der Waals surface area contributed by atoms with Gasteiger partial charge in [0.1, 0.15) is 23.0 Å². The molecule has 124 valence electrons.